The Balaban J connectivity index is 2.29. The Morgan fingerprint density at radius 3 is 2.50 bits per heavy atom. The van der Waals surface area contributed by atoms with Crippen molar-refractivity contribution in [3.05, 3.63) is 35.4 Å². The molecule has 5 nitrogen and oxygen atoms in total. The Bertz CT molecular complexity index is 608. The molecule has 0 bridgehead atoms. The van der Waals surface area contributed by atoms with Gasteiger partial charge >= 0.3 is 5.97 Å². The lowest BCUT2D eigenvalue weighted by atomic mass is 9.90. The van der Waals surface area contributed by atoms with Crippen LogP contribution in [0.1, 0.15) is 31.9 Å². The summed E-state index contributed by atoms with van der Waals surface area (Å²) in [6, 6.07) is 10.2. The number of rotatable bonds is 8. The first-order chi connectivity index (χ1) is 11.3. The van der Waals surface area contributed by atoms with E-state index < -0.39 is 17.4 Å². The molecule has 0 spiro atoms. The van der Waals surface area contributed by atoms with E-state index in [1.807, 2.05) is 45.0 Å². The second-order valence-electron chi connectivity index (χ2n) is 6.16. The molecule has 1 N–H and O–H groups in total. The number of hydrogen-bond donors (Lipinski definition) is 1. The molecular weight excluding hydrogens is 324 g/mol. The molecule has 24 heavy (non-hydrogen) atoms. The predicted octanol–water partition coefficient (Wildman–Crippen LogP) is 2.83. The zero-order valence-corrected chi connectivity index (χ0v) is 15.4. The van der Waals surface area contributed by atoms with E-state index in [1.165, 1.54) is 17.3 Å². The summed E-state index contributed by atoms with van der Waals surface area (Å²) in [5.74, 6) is -0.0650. The number of hydrogen-bond acceptors (Lipinski definition) is 5. The maximum absolute atomic E-state index is 11.8. The van der Waals surface area contributed by atoms with Crippen LogP contribution in [0.25, 0.3) is 0 Å². The number of ether oxygens (including phenoxy) is 1. The summed E-state index contributed by atoms with van der Waals surface area (Å²) in [6.07, 6.45) is 0. The van der Waals surface area contributed by atoms with Gasteiger partial charge in [0.25, 0.3) is 5.91 Å². The Labute approximate surface area is 147 Å². The smallest absolute Gasteiger partial charge is 0.316 e. The van der Waals surface area contributed by atoms with Crippen molar-refractivity contribution in [3.8, 4) is 6.07 Å². The van der Waals surface area contributed by atoms with Crippen LogP contribution < -0.4 is 5.32 Å². The van der Waals surface area contributed by atoms with Crippen molar-refractivity contribution in [2.45, 2.75) is 39.0 Å². The van der Waals surface area contributed by atoms with E-state index in [2.05, 4.69) is 11.4 Å². The average Bonchev–Trinajstić information content (AvgIpc) is 2.54. The van der Waals surface area contributed by atoms with Gasteiger partial charge in [-0.15, -0.1) is 11.8 Å². The highest BCUT2D eigenvalue weighted by molar-refractivity contribution is 7.99. The van der Waals surface area contributed by atoms with Crippen molar-refractivity contribution >= 4 is 23.6 Å². The van der Waals surface area contributed by atoms with E-state index >= 15 is 0 Å². The van der Waals surface area contributed by atoms with Gasteiger partial charge < -0.3 is 10.1 Å². The summed E-state index contributed by atoms with van der Waals surface area (Å²) in [6.45, 7) is 6.99. The molecule has 1 amide bonds. The lowest BCUT2D eigenvalue weighted by Gasteiger charge is -2.27. The molecule has 0 unspecified atom stereocenters. The van der Waals surface area contributed by atoms with Gasteiger partial charge in [0.05, 0.1) is 11.8 Å². The molecule has 0 heterocycles. The molecular formula is C18H24N2O3S. The van der Waals surface area contributed by atoms with Crippen LogP contribution in [0, 0.1) is 24.2 Å². The fourth-order valence-corrected chi connectivity index (χ4v) is 2.53. The van der Waals surface area contributed by atoms with Crippen LogP contribution in [0.3, 0.4) is 0 Å². The van der Waals surface area contributed by atoms with E-state index in [9.17, 15) is 9.59 Å². The third kappa shape index (κ3) is 6.63. The summed E-state index contributed by atoms with van der Waals surface area (Å²) in [4.78, 5) is 23.5. The zero-order chi connectivity index (χ0) is 18.2. The number of esters is 1. The predicted molar refractivity (Wildman–Crippen MR) is 95.3 cm³/mol. The van der Waals surface area contributed by atoms with Gasteiger partial charge in [0.2, 0.25) is 0 Å². The summed E-state index contributed by atoms with van der Waals surface area (Å²) in [7, 11) is 0. The fourth-order valence-electron chi connectivity index (χ4n) is 1.75. The molecule has 0 aliphatic heterocycles. The first kappa shape index (κ1) is 20.0. The summed E-state index contributed by atoms with van der Waals surface area (Å²) < 4.78 is 4.95. The molecule has 6 heteroatoms. The van der Waals surface area contributed by atoms with Gasteiger partial charge in [0, 0.05) is 5.75 Å². The average molecular weight is 348 g/mol. The molecule has 0 radical (unpaired) electrons. The Morgan fingerprint density at radius 1 is 1.33 bits per heavy atom. The van der Waals surface area contributed by atoms with Crippen molar-refractivity contribution in [3.63, 3.8) is 0 Å². The number of carbonyl (C=O) groups excluding carboxylic acids is 2. The fraction of sp³-hybridized carbons (Fsp3) is 0.500. The zero-order valence-electron chi connectivity index (χ0n) is 14.6. The Kier molecular flexibility index (Phi) is 7.80. The highest BCUT2D eigenvalue weighted by Crippen LogP contribution is 2.15. The number of nitrogens with zero attached hydrogens (tertiary/aromatic N) is 1. The normalized spacial score (nSPS) is 13.0. The number of carbonyl (C=O) groups is 2. The Hall–Kier alpha value is -2.00. The van der Waals surface area contributed by atoms with Crippen LogP contribution in [-0.2, 0) is 20.1 Å². The van der Waals surface area contributed by atoms with Gasteiger partial charge in [-0.2, -0.15) is 5.26 Å². The van der Waals surface area contributed by atoms with Gasteiger partial charge in [-0.05, 0) is 25.3 Å². The van der Waals surface area contributed by atoms with Crippen molar-refractivity contribution < 1.29 is 14.3 Å². The molecule has 0 fully saturated rings. The van der Waals surface area contributed by atoms with E-state index in [-0.39, 0.29) is 18.3 Å². The number of amides is 1. The van der Waals surface area contributed by atoms with Crippen LogP contribution in [0.4, 0.5) is 0 Å². The van der Waals surface area contributed by atoms with E-state index in [1.54, 1.807) is 6.92 Å². The number of benzene rings is 1. The SMILES string of the molecule is Cc1ccc(CSCC(=O)OCC(=O)N[C@](C)(C#N)C(C)C)cc1. The largest absolute Gasteiger partial charge is 0.455 e. The summed E-state index contributed by atoms with van der Waals surface area (Å²) >= 11 is 1.44. The topological polar surface area (TPSA) is 79.2 Å². The molecule has 1 aromatic rings. The first-order valence-electron chi connectivity index (χ1n) is 7.78. The third-order valence-electron chi connectivity index (χ3n) is 3.76. The van der Waals surface area contributed by atoms with E-state index in [0.29, 0.717) is 5.75 Å². The first-order valence-corrected chi connectivity index (χ1v) is 8.93. The summed E-state index contributed by atoms with van der Waals surface area (Å²) in [5.41, 5.74) is 1.36. The molecule has 0 aliphatic rings. The van der Waals surface area contributed by atoms with Crippen LogP contribution in [0.2, 0.25) is 0 Å². The van der Waals surface area contributed by atoms with Crippen molar-refractivity contribution in [1.82, 2.24) is 5.32 Å². The van der Waals surface area contributed by atoms with Gasteiger partial charge in [-0.3, -0.25) is 9.59 Å². The number of nitriles is 1. The quantitative estimate of drug-likeness (QED) is 0.731. The Morgan fingerprint density at radius 2 is 1.96 bits per heavy atom. The van der Waals surface area contributed by atoms with E-state index in [4.69, 9.17) is 10.00 Å². The van der Waals surface area contributed by atoms with Crippen LogP contribution >= 0.6 is 11.8 Å². The number of nitrogens with one attached hydrogen (secondary N) is 1. The number of aryl methyl sites for hydroxylation is 1. The third-order valence-corrected chi connectivity index (χ3v) is 4.74. The molecule has 130 valence electrons. The number of thioether (sulfide) groups is 1. The second kappa shape index (κ2) is 9.33. The minimum Gasteiger partial charge on any atom is -0.455 e. The molecule has 0 saturated carbocycles. The van der Waals surface area contributed by atoms with E-state index in [0.717, 1.165) is 5.56 Å². The van der Waals surface area contributed by atoms with Gasteiger partial charge in [0.1, 0.15) is 5.54 Å². The van der Waals surface area contributed by atoms with Gasteiger partial charge in [0.15, 0.2) is 6.61 Å². The lowest BCUT2D eigenvalue weighted by Crippen LogP contribution is -2.50. The highest BCUT2D eigenvalue weighted by atomic mass is 32.2. The molecule has 1 atom stereocenters. The van der Waals surface area contributed by atoms with Crippen LogP contribution in [-0.4, -0.2) is 29.8 Å². The summed E-state index contributed by atoms with van der Waals surface area (Å²) in [5, 5.41) is 11.7. The molecule has 0 saturated heterocycles. The monoisotopic (exact) mass is 348 g/mol. The molecule has 1 aromatic carbocycles. The second-order valence-corrected chi connectivity index (χ2v) is 7.14. The maximum Gasteiger partial charge on any atom is 0.316 e. The molecule has 0 aromatic heterocycles. The highest BCUT2D eigenvalue weighted by Gasteiger charge is 2.30. The lowest BCUT2D eigenvalue weighted by molar-refractivity contribution is -0.146. The maximum atomic E-state index is 11.8. The minimum atomic E-state index is -0.969. The van der Waals surface area contributed by atoms with Crippen molar-refractivity contribution in [2.24, 2.45) is 5.92 Å². The van der Waals surface area contributed by atoms with Crippen LogP contribution in [0.5, 0.6) is 0 Å². The van der Waals surface area contributed by atoms with Crippen molar-refractivity contribution in [1.29, 1.82) is 5.26 Å². The van der Waals surface area contributed by atoms with Crippen molar-refractivity contribution in [2.75, 3.05) is 12.4 Å². The van der Waals surface area contributed by atoms with Gasteiger partial charge in [-0.1, -0.05) is 43.7 Å². The van der Waals surface area contributed by atoms with Gasteiger partial charge in [-0.25, -0.2) is 0 Å². The van der Waals surface area contributed by atoms with Crippen LogP contribution in [0.15, 0.2) is 24.3 Å². The minimum absolute atomic E-state index is 0.0489. The molecule has 0 aliphatic carbocycles. The standard InChI is InChI=1S/C18H24N2O3S/c1-13(2)18(4,12-19)20-16(21)9-23-17(22)11-24-10-15-7-5-14(3)6-8-15/h5-8,13H,9-11H2,1-4H3,(H,20,21)/t18-/m1/s1. The molecule has 1 rings (SSSR count).